The van der Waals surface area contributed by atoms with Gasteiger partial charge in [0.05, 0.1) is 13.2 Å². The summed E-state index contributed by atoms with van der Waals surface area (Å²) < 4.78 is 9.71. The highest BCUT2D eigenvalue weighted by atomic mass is 32.2. The second kappa shape index (κ2) is 9.51. The van der Waals surface area contributed by atoms with E-state index in [1.807, 2.05) is 6.26 Å². The van der Waals surface area contributed by atoms with Crippen LogP contribution in [0.2, 0.25) is 0 Å². The number of hydrogen-bond acceptors (Lipinski definition) is 5. The van der Waals surface area contributed by atoms with E-state index in [-0.39, 0.29) is 13.2 Å². The summed E-state index contributed by atoms with van der Waals surface area (Å²) in [5.74, 6) is -0.772. The second-order valence-electron chi connectivity index (χ2n) is 3.19. The van der Waals surface area contributed by atoms with Crippen LogP contribution in [0.25, 0.3) is 0 Å². The Balaban J connectivity index is 4.25. The van der Waals surface area contributed by atoms with E-state index in [2.05, 4.69) is 0 Å². The Hall–Kier alpha value is -0.710. The first-order valence-electron chi connectivity index (χ1n) is 5.49. The topological polar surface area (TPSA) is 52.6 Å². The minimum absolute atomic E-state index is 0.289. The van der Waals surface area contributed by atoms with Crippen LogP contribution in [0.1, 0.15) is 26.7 Å². The molecule has 0 rings (SSSR count). The van der Waals surface area contributed by atoms with Gasteiger partial charge < -0.3 is 9.47 Å². The van der Waals surface area contributed by atoms with Crippen LogP contribution in [0.4, 0.5) is 0 Å². The predicted octanol–water partition coefficient (Wildman–Crippen LogP) is 1.87. The van der Waals surface area contributed by atoms with Gasteiger partial charge in [0.1, 0.15) is 0 Å². The van der Waals surface area contributed by atoms with Crippen molar-refractivity contribution in [2.75, 3.05) is 25.2 Å². The molecule has 0 heterocycles. The third-order valence-corrected chi connectivity index (χ3v) is 2.68. The van der Waals surface area contributed by atoms with Crippen molar-refractivity contribution in [3.63, 3.8) is 0 Å². The highest BCUT2D eigenvalue weighted by Gasteiger charge is 2.28. The van der Waals surface area contributed by atoms with Crippen molar-refractivity contribution in [2.45, 2.75) is 26.7 Å². The van der Waals surface area contributed by atoms with E-state index in [4.69, 9.17) is 9.47 Å². The van der Waals surface area contributed by atoms with Crippen molar-refractivity contribution in [2.24, 2.45) is 5.92 Å². The van der Waals surface area contributed by atoms with Gasteiger partial charge in [-0.2, -0.15) is 11.8 Å². The summed E-state index contributed by atoms with van der Waals surface area (Å²) in [6, 6.07) is 0. The Morgan fingerprint density at radius 3 is 2.00 bits per heavy atom. The maximum Gasteiger partial charge on any atom is 0.320 e. The molecule has 0 spiro atoms. The smallest absolute Gasteiger partial charge is 0.320 e. The van der Waals surface area contributed by atoms with E-state index in [0.29, 0.717) is 6.42 Å². The molecule has 0 aliphatic heterocycles. The summed E-state index contributed by atoms with van der Waals surface area (Å²) in [4.78, 5) is 23.0. The first kappa shape index (κ1) is 15.3. The number of carbonyl (C=O) groups is 2. The summed E-state index contributed by atoms with van der Waals surface area (Å²) in [6.07, 6.45) is 3.30. The second-order valence-corrected chi connectivity index (χ2v) is 4.18. The van der Waals surface area contributed by atoms with Gasteiger partial charge in [-0.3, -0.25) is 9.59 Å². The lowest BCUT2D eigenvalue weighted by atomic mass is 10.0. The van der Waals surface area contributed by atoms with Crippen LogP contribution >= 0.6 is 11.8 Å². The Morgan fingerprint density at radius 1 is 1.12 bits per heavy atom. The third kappa shape index (κ3) is 6.00. The van der Waals surface area contributed by atoms with Crippen molar-refractivity contribution >= 4 is 23.7 Å². The molecule has 16 heavy (non-hydrogen) atoms. The minimum atomic E-state index is -0.757. The van der Waals surface area contributed by atoms with Gasteiger partial charge in [0.15, 0.2) is 5.92 Å². The van der Waals surface area contributed by atoms with Crippen LogP contribution < -0.4 is 0 Å². The molecule has 0 unspecified atom stereocenters. The van der Waals surface area contributed by atoms with Crippen molar-refractivity contribution in [3.8, 4) is 0 Å². The molecular weight excluding hydrogens is 228 g/mol. The van der Waals surface area contributed by atoms with Gasteiger partial charge in [-0.25, -0.2) is 0 Å². The Morgan fingerprint density at radius 2 is 1.62 bits per heavy atom. The molecule has 0 bridgehead atoms. The Bertz CT molecular complexity index is 200. The Kier molecular flexibility index (Phi) is 9.09. The molecule has 0 radical (unpaired) electrons. The highest BCUT2D eigenvalue weighted by molar-refractivity contribution is 7.98. The monoisotopic (exact) mass is 248 g/mol. The number of thioether (sulfide) groups is 1. The lowest BCUT2D eigenvalue weighted by Crippen LogP contribution is -2.28. The van der Waals surface area contributed by atoms with E-state index in [0.717, 1.165) is 12.2 Å². The van der Waals surface area contributed by atoms with Crippen LogP contribution in [0.3, 0.4) is 0 Å². The first-order valence-corrected chi connectivity index (χ1v) is 6.88. The summed E-state index contributed by atoms with van der Waals surface area (Å²) in [7, 11) is 0. The summed E-state index contributed by atoms with van der Waals surface area (Å²) in [6.45, 7) is 4.03. The maximum absolute atomic E-state index is 11.5. The molecule has 0 saturated heterocycles. The fourth-order valence-electron chi connectivity index (χ4n) is 1.25. The summed E-state index contributed by atoms with van der Waals surface area (Å²) >= 11 is 1.69. The molecule has 94 valence electrons. The average molecular weight is 248 g/mol. The fraction of sp³-hybridized carbons (Fsp3) is 0.818. The van der Waals surface area contributed by atoms with Crippen molar-refractivity contribution < 1.29 is 19.1 Å². The molecular formula is C11H20O4S. The molecule has 0 aromatic heterocycles. The lowest BCUT2D eigenvalue weighted by molar-refractivity contribution is -0.161. The third-order valence-electron chi connectivity index (χ3n) is 1.98. The molecule has 0 N–H and O–H groups in total. The standard InChI is InChI=1S/C11H20O4S/c1-4-14-10(12)9(7-6-8-16-3)11(13)15-5-2/h9H,4-8H2,1-3H3. The van der Waals surface area contributed by atoms with E-state index in [9.17, 15) is 9.59 Å². The van der Waals surface area contributed by atoms with Crippen LogP contribution in [-0.4, -0.2) is 37.2 Å². The van der Waals surface area contributed by atoms with Gasteiger partial charge >= 0.3 is 11.9 Å². The fourth-order valence-corrected chi connectivity index (χ4v) is 1.70. The molecule has 0 saturated carbocycles. The van der Waals surface area contributed by atoms with E-state index < -0.39 is 17.9 Å². The number of hydrogen-bond donors (Lipinski definition) is 0. The van der Waals surface area contributed by atoms with Gasteiger partial charge in [-0.1, -0.05) is 0 Å². The van der Waals surface area contributed by atoms with Crippen LogP contribution in [0.15, 0.2) is 0 Å². The van der Waals surface area contributed by atoms with E-state index >= 15 is 0 Å². The maximum atomic E-state index is 11.5. The molecule has 5 heteroatoms. The van der Waals surface area contributed by atoms with Crippen molar-refractivity contribution in [1.82, 2.24) is 0 Å². The van der Waals surface area contributed by atoms with Gasteiger partial charge in [-0.05, 0) is 38.7 Å². The van der Waals surface area contributed by atoms with Gasteiger partial charge in [-0.15, -0.1) is 0 Å². The zero-order chi connectivity index (χ0) is 12.4. The predicted molar refractivity (Wildman–Crippen MR) is 64.4 cm³/mol. The van der Waals surface area contributed by atoms with Gasteiger partial charge in [0.25, 0.3) is 0 Å². The van der Waals surface area contributed by atoms with E-state index in [1.54, 1.807) is 25.6 Å². The van der Waals surface area contributed by atoms with E-state index in [1.165, 1.54) is 0 Å². The Labute approximate surface area is 101 Å². The van der Waals surface area contributed by atoms with Gasteiger partial charge in [0, 0.05) is 0 Å². The lowest BCUT2D eigenvalue weighted by Gasteiger charge is -2.13. The molecule has 0 aromatic carbocycles. The normalized spacial score (nSPS) is 10.2. The quantitative estimate of drug-likeness (QED) is 0.373. The molecule has 0 aliphatic rings. The largest absolute Gasteiger partial charge is 0.465 e. The molecule has 4 nitrogen and oxygen atoms in total. The number of ether oxygens (including phenoxy) is 2. The molecule has 0 aromatic rings. The van der Waals surface area contributed by atoms with Gasteiger partial charge in [0.2, 0.25) is 0 Å². The van der Waals surface area contributed by atoms with Crippen LogP contribution in [-0.2, 0) is 19.1 Å². The molecule has 0 amide bonds. The van der Waals surface area contributed by atoms with Crippen LogP contribution in [0, 0.1) is 5.92 Å². The SMILES string of the molecule is CCOC(=O)C(CCCSC)C(=O)OCC. The molecule has 0 aliphatic carbocycles. The van der Waals surface area contributed by atoms with Crippen molar-refractivity contribution in [1.29, 1.82) is 0 Å². The summed E-state index contributed by atoms with van der Waals surface area (Å²) in [5.41, 5.74) is 0. The number of esters is 2. The number of carbonyl (C=O) groups excluding carboxylic acids is 2. The molecule has 0 fully saturated rings. The zero-order valence-electron chi connectivity index (χ0n) is 10.2. The average Bonchev–Trinajstić information content (AvgIpc) is 2.25. The van der Waals surface area contributed by atoms with Crippen molar-refractivity contribution in [3.05, 3.63) is 0 Å². The first-order chi connectivity index (χ1) is 7.67. The molecule has 0 atom stereocenters. The zero-order valence-corrected chi connectivity index (χ0v) is 11.0. The highest BCUT2D eigenvalue weighted by Crippen LogP contribution is 2.13. The minimum Gasteiger partial charge on any atom is -0.465 e. The van der Waals surface area contributed by atoms with Crippen LogP contribution in [0.5, 0.6) is 0 Å². The number of rotatable bonds is 8. The summed E-state index contributed by atoms with van der Waals surface area (Å²) in [5, 5.41) is 0.